The minimum atomic E-state index is -0.204. The van der Waals surface area contributed by atoms with Crippen molar-refractivity contribution < 1.29 is 4.39 Å². The van der Waals surface area contributed by atoms with E-state index in [2.05, 4.69) is 10.1 Å². The van der Waals surface area contributed by atoms with Crippen LogP contribution in [0.25, 0.3) is 5.65 Å². The molecule has 0 aliphatic heterocycles. The molecule has 0 unspecified atom stereocenters. The molecule has 1 aromatic carbocycles. The zero-order chi connectivity index (χ0) is 12.4. The lowest BCUT2D eigenvalue weighted by atomic mass is 10.1. The Kier molecular flexibility index (Phi) is 2.76. The second kappa shape index (κ2) is 4.56. The minimum absolute atomic E-state index is 0.204. The van der Waals surface area contributed by atoms with Gasteiger partial charge < -0.3 is 0 Å². The summed E-state index contributed by atoms with van der Waals surface area (Å²) in [5.41, 5.74) is 1.95. The maximum absolute atomic E-state index is 12.8. The van der Waals surface area contributed by atoms with Crippen LogP contribution in [0.4, 0.5) is 4.39 Å². The molecule has 2 heterocycles. The highest BCUT2D eigenvalue weighted by Gasteiger charge is 2.03. The number of halogens is 1. The summed E-state index contributed by atoms with van der Waals surface area (Å²) in [4.78, 5) is 4.42. The zero-order valence-electron chi connectivity index (χ0n) is 9.75. The van der Waals surface area contributed by atoms with Gasteiger partial charge >= 0.3 is 0 Å². The van der Waals surface area contributed by atoms with E-state index < -0.39 is 0 Å². The van der Waals surface area contributed by atoms with Crippen molar-refractivity contribution in [2.45, 2.75) is 12.8 Å². The Balaban J connectivity index is 1.74. The van der Waals surface area contributed by atoms with Gasteiger partial charge in [0.05, 0.1) is 0 Å². The molecule has 2 aromatic heterocycles. The molecule has 3 rings (SSSR count). The van der Waals surface area contributed by atoms with Crippen LogP contribution in [0, 0.1) is 5.82 Å². The van der Waals surface area contributed by atoms with E-state index >= 15 is 0 Å². The molecular formula is C14H12FN3. The fourth-order valence-corrected chi connectivity index (χ4v) is 1.89. The van der Waals surface area contributed by atoms with Gasteiger partial charge in [0.15, 0.2) is 11.5 Å². The van der Waals surface area contributed by atoms with Crippen molar-refractivity contribution in [1.82, 2.24) is 14.6 Å². The molecule has 3 nitrogen and oxygen atoms in total. The number of rotatable bonds is 3. The summed E-state index contributed by atoms with van der Waals surface area (Å²) in [6.07, 6.45) is 3.45. The molecule has 0 saturated heterocycles. The van der Waals surface area contributed by atoms with Crippen molar-refractivity contribution >= 4 is 5.65 Å². The Morgan fingerprint density at radius 1 is 1.00 bits per heavy atom. The van der Waals surface area contributed by atoms with Crippen LogP contribution >= 0.6 is 0 Å². The first-order chi connectivity index (χ1) is 8.81. The number of fused-ring (bicyclic) bond motifs is 1. The number of hydrogen-bond donors (Lipinski definition) is 0. The molecule has 0 amide bonds. The van der Waals surface area contributed by atoms with Crippen molar-refractivity contribution in [3.8, 4) is 0 Å². The molecule has 0 atom stereocenters. The van der Waals surface area contributed by atoms with Crippen LogP contribution < -0.4 is 0 Å². The van der Waals surface area contributed by atoms with Crippen LogP contribution in [0.3, 0.4) is 0 Å². The number of aryl methyl sites for hydroxylation is 2. The normalized spacial score (nSPS) is 10.9. The smallest absolute Gasteiger partial charge is 0.155 e. The second-order valence-electron chi connectivity index (χ2n) is 4.16. The zero-order valence-corrected chi connectivity index (χ0v) is 9.75. The van der Waals surface area contributed by atoms with Crippen LogP contribution in [0.1, 0.15) is 11.4 Å². The molecule has 90 valence electrons. The van der Waals surface area contributed by atoms with E-state index in [4.69, 9.17) is 0 Å². The van der Waals surface area contributed by atoms with Crippen LogP contribution in [0.2, 0.25) is 0 Å². The molecule has 0 saturated carbocycles. The van der Waals surface area contributed by atoms with E-state index in [0.29, 0.717) is 0 Å². The number of hydrogen-bond acceptors (Lipinski definition) is 2. The Bertz CT molecular complexity index is 625. The van der Waals surface area contributed by atoms with Crippen molar-refractivity contribution in [3.63, 3.8) is 0 Å². The van der Waals surface area contributed by atoms with Crippen molar-refractivity contribution in [2.24, 2.45) is 0 Å². The average molecular weight is 241 g/mol. The summed E-state index contributed by atoms with van der Waals surface area (Å²) >= 11 is 0. The lowest BCUT2D eigenvalue weighted by molar-refractivity contribution is 0.627. The molecular weight excluding hydrogens is 229 g/mol. The quantitative estimate of drug-likeness (QED) is 0.705. The Morgan fingerprint density at radius 3 is 2.61 bits per heavy atom. The third kappa shape index (κ3) is 2.22. The summed E-state index contributed by atoms with van der Waals surface area (Å²) in [7, 11) is 0. The molecule has 0 spiro atoms. The van der Waals surface area contributed by atoms with E-state index in [1.54, 1.807) is 16.6 Å². The SMILES string of the molecule is Fc1ccc(CCc2nc3ccccn3n2)cc1. The van der Waals surface area contributed by atoms with E-state index in [-0.39, 0.29) is 5.82 Å². The van der Waals surface area contributed by atoms with Crippen molar-refractivity contribution in [2.75, 3.05) is 0 Å². The van der Waals surface area contributed by atoms with Gasteiger partial charge in [0.1, 0.15) is 5.82 Å². The topological polar surface area (TPSA) is 30.2 Å². The third-order valence-corrected chi connectivity index (χ3v) is 2.84. The molecule has 0 fully saturated rings. The van der Waals surface area contributed by atoms with Crippen molar-refractivity contribution in [1.29, 1.82) is 0 Å². The molecule has 0 bridgehead atoms. The molecule has 0 aliphatic carbocycles. The molecule has 0 aliphatic rings. The van der Waals surface area contributed by atoms with E-state index in [0.717, 1.165) is 29.9 Å². The Labute approximate surface area is 104 Å². The maximum Gasteiger partial charge on any atom is 0.155 e. The molecule has 0 N–H and O–H groups in total. The summed E-state index contributed by atoms with van der Waals surface area (Å²) in [6, 6.07) is 12.3. The number of nitrogens with zero attached hydrogens (tertiary/aromatic N) is 3. The highest BCUT2D eigenvalue weighted by molar-refractivity contribution is 5.36. The van der Waals surface area contributed by atoms with Crippen LogP contribution in [0.5, 0.6) is 0 Å². The lowest BCUT2D eigenvalue weighted by Gasteiger charge is -1.97. The van der Waals surface area contributed by atoms with Gasteiger partial charge in [0, 0.05) is 12.6 Å². The van der Waals surface area contributed by atoms with Crippen LogP contribution in [0.15, 0.2) is 48.7 Å². The van der Waals surface area contributed by atoms with E-state index in [1.165, 1.54) is 12.1 Å². The van der Waals surface area contributed by atoms with Crippen LogP contribution in [-0.2, 0) is 12.8 Å². The molecule has 3 aromatic rings. The van der Waals surface area contributed by atoms with Gasteiger partial charge in [-0.2, -0.15) is 5.10 Å². The van der Waals surface area contributed by atoms with Crippen LogP contribution in [-0.4, -0.2) is 14.6 Å². The molecule has 18 heavy (non-hydrogen) atoms. The minimum Gasteiger partial charge on any atom is -0.221 e. The highest BCUT2D eigenvalue weighted by atomic mass is 19.1. The monoisotopic (exact) mass is 241 g/mol. The second-order valence-corrected chi connectivity index (χ2v) is 4.16. The van der Waals surface area contributed by atoms with Gasteiger partial charge in [-0.05, 0) is 36.2 Å². The number of aromatic nitrogens is 3. The summed E-state index contributed by atoms with van der Waals surface area (Å²) < 4.78 is 14.5. The van der Waals surface area contributed by atoms with Gasteiger partial charge in [-0.15, -0.1) is 0 Å². The summed E-state index contributed by atoms with van der Waals surface area (Å²) in [5, 5.41) is 4.38. The van der Waals surface area contributed by atoms with Gasteiger partial charge in [0.25, 0.3) is 0 Å². The highest BCUT2D eigenvalue weighted by Crippen LogP contribution is 2.07. The summed E-state index contributed by atoms with van der Waals surface area (Å²) in [6.45, 7) is 0. The number of pyridine rings is 1. The Morgan fingerprint density at radius 2 is 1.83 bits per heavy atom. The van der Waals surface area contributed by atoms with Gasteiger partial charge in [0.2, 0.25) is 0 Å². The third-order valence-electron chi connectivity index (χ3n) is 2.84. The predicted octanol–water partition coefficient (Wildman–Crippen LogP) is 2.65. The summed E-state index contributed by atoms with van der Waals surface area (Å²) in [5.74, 6) is 0.607. The first-order valence-electron chi connectivity index (χ1n) is 5.86. The fraction of sp³-hybridized carbons (Fsp3) is 0.143. The van der Waals surface area contributed by atoms with E-state index in [9.17, 15) is 4.39 Å². The predicted molar refractivity (Wildman–Crippen MR) is 66.8 cm³/mol. The first kappa shape index (κ1) is 10.9. The van der Waals surface area contributed by atoms with Gasteiger partial charge in [-0.25, -0.2) is 13.9 Å². The fourth-order valence-electron chi connectivity index (χ4n) is 1.89. The Hall–Kier alpha value is -2.23. The molecule has 4 heteroatoms. The standard InChI is InChI=1S/C14H12FN3/c15-12-7-4-11(5-8-12)6-9-13-16-14-3-1-2-10-18(14)17-13/h1-5,7-8,10H,6,9H2. The lowest BCUT2D eigenvalue weighted by Crippen LogP contribution is -1.94. The van der Waals surface area contributed by atoms with Crippen molar-refractivity contribution in [3.05, 3.63) is 65.9 Å². The largest absolute Gasteiger partial charge is 0.221 e. The van der Waals surface area contributed by atoms with Gasteiger partial charge in [-0.1, -0.05) is 18.2 Å². The first-order valence-corrected chi connectivity index (χ1v) is 5.86. The average Bonchev–Trinajstić information content (AvgIpc) is 2.81. The van der Waals surface area contributed by atoms with E-state index in [1.807, 2.05) is 24.4 Å². The number of benzene rings is 1. The maximum atomic E-state index is 12.8. The molecule has 0 radical (unpaired) electrons. The van der Waals surface area contributed by atoms with Gasteiger partial charge in [-0.3, -0.25) is 0 Å².